The van der Waals surface area contributed by atoms with Crippen LogP contribution in [0.15, 0.2) is 22.7 Å². The molecule has 1 aromatic heterocycles. The fourth-order valence-electron chi connectivity index (χ4n) is 6.42. The van der Waals surface area contributed by atoms with Gasteiger partial charge in [0.25, 0.3) is 0 Å². The molecule has 3 amide bonds. The Bertz CT molecular complexity index is 1040. The molecule has 2 N–H and O–H groups in total. The van der Waals surface area contributed by atoms with Gasteiger partial charge >= 0.3 is 0 Å². The van der Waals surface area contributed by atoms with Crippen LogP contribution in [-0.4, -0.2) is 57.6 Å². The Labute approximate surface area is 206 Å². The van der Waals surface area contributed by atoms with Crippen molar-refractivity contribution in [3.8, 4) is 0 Å². The summed E-state index contributed by atoms with van der Waals surface area (Å²) >= 11 is 0. The third-order valence-corrected chi connectivity index (χ3v) is 8.11. The molecule has 1 spiro atoms. The lowest BCUT2D eigenvalue weighted by atomic mass is 9.70. The molecular formula is C26H36N4O5. The number of anilines is 1. The Hall–Kier alpha value is -2.68. The minimum atomic E-state index is -1.16. The predicted molar refractivity (Wildman–Crippen MR) is 128 cm³/mol. The van der Waals surface area contributed by atoms with Crippen molar-refractivity contribution in [2.75, 3.05) is 11.9 Å². The zero-order valence-electron chi connectivity index (χ0n) is 21.0. The fraction of sp³-hybridized carbons (Fsp3) is 0.692. The lowest BCUT2D eigenvalue weighted by Gasteiger charge is -2.35. The summed E-state index contributed by atoms with van der Waals surface area (Å²) in [6.45, 7) is 8.19. The lowest BCUT2D eigenvalue weighted by Crippen LogP contribution is -2.56. The Morgan fingerprint density at radius 2 is 1.94 bits per heavy atom. The van der Waals surface area contributed by atoms with Crippen molar-refractivity contribution in [3.05, 3.63) is 24.0 Å². The molecule has 190 valence electrons. The number of aryl methyl sites for hydroxylation is 1. The average molecular weight is 485 g/mol. The molecule has 5 atom stereocenters. The Morgan fingerprint density at radius 1 is 1.20 bits per heavy atom. The second-order valence-corrected chi connectivity index (χ2v) is 11.2. The minimum Gasteiger partial charge on any atom is -0.360 e. The van der Waals surface area contributed by atoms with Crippen molar-refractivity contribution in [1.29, 1.82) is 0 Å². The molecule has 1 aromatic rings. The molecule has 2 saturated heterocycles. The lowest BCUT2D eigenvalue weighted by molar-refractivity contribution is -0.144. The molecule has 4 heterocycles. The van der Waals surface area contributed by atoms with Gasteiger partial charge < -0.3 is 24.8 Å². The third-order valence-electron chi connectivity index (χ3n) is 8.11. The monoisotopic (exact) mass is 484 g/mol. The van der Waals surface area contributed by atoms with Gasteiger partial charge in [-0.3, -0.25) is 14.4 Å². The largest absolute Gasteiger partial charge is 0.360 e. The molecule has 35 heavy (non-hydrogen) atoms. The van der Waals surface area contributed by atoms with Gasteiger partial charge in [0.1, 0.15) is 17.4 Å². The van der Waals surface area contributed by atoms with E-state index in [4.69, 9.17) is 9.26 Å². The van der Waals surface area contributed by atoms with Crippen LogP contribution in [0.3, 0.4) is 0 Å². The molecule has 0 radical (unpaired) electrons. The third kappa shape index (κ3) is 3.97. The second-order valence-electron chi connectivity index (χ2n) is 11.2. The second kappa shape index (κ2) is 8.76. The summed E-state index contributed by atoms with van der Waals surface area (Å²) in [5.41, 5.74) is -2.15. The highest BCUT2D eigenvalue weighted by molar-refractivity contribution is 6.03. The Balaban J connectivity index is 1.46. The number of carbonyl (C=O) groups excluding carboxylic acids is 3. The van der Waals surface area contributed by atoms with E-state index in [1.54, 1.807) is 17.9 Å². The van der Waals surface area contributed by atoms with E-state index >= 15 is 0 Å². The van der Waals surface area contributed by atoms with Crippen LogP contribution in [0.2, 0.25) is 0 Å². The van der Waals surface area contributed by atoms with Gasteiger partial charge in [-0.2, -0.15) is 0 Å². The van der Waals surface area contributed by atoms with Crippen molar-refractivity contribution in [2.24, 2.45) is 17.8 Å². The van der Waals surface area contributed by atoms with Gasteiger partial charge in [-0.15, -0.1) is 0 Å². The molecule has 9 heteroatoms. The quantitative estimate of drug-likeness (QED) is 0.575. The van der Waals surface area contributed by atoms with Crippen molar-refractivity contribution in [3.63, 3.8) is 0 Å². The molecule has 4 aliphatic rings. The molecule has 1 aliphatic carbocycles. The van der Waals surface area contributed by atoms with E-state index in [1.807, 2.05) is 19.1 Å². The van der Waals surface area contributed by atoms with Gasteiger partial charge in [0.2, 0.25) is 17.7 Å². The first kappa shape index (κ1) is 24.0. The highest BCUT2D eigenvalue weighted by atomic mass is 16.5. The number of hydrogen-bond donors (Lipinski definition) is 2. The van der Waals surface area contributed by atoms with Crippen LogP contribution >= 0.6 is 0 Å². The van der Waals surface area contributed by atoms with Crippen LogP contribution in [-0.2, 0) is 19.1 Å². The Kier molecular flexibility index (Phi) is 6.02. The van der Waals surface area contributed by atoms with Crippen LogP contribution < -0.4 is 10.6 Å². The summed E-state index contributed by atoms with van der Waals surface area (Å²) < 4.78 is 11.6. The number of rotatable bonds is 7. The standard InChI is InChI=1S/C26H36N4O5/c1-15(2)10-13-30-21(23(32)27-17-8-6-5-7-9-17)26-12-11-25(4,35-26)19(20(26)24(30)33)22(31)28-18-14-16(3)34-29-18/h11-12,14-15,17,19-21H,5-10,13H2,1-4H3,(H,27,32)(H,28,29,31)/t19-,20+,21-,25+,26-/m1/s1. The van der Waals surface area contributed by atoms with E-state index in [0.717, 1.165) is 32.1 Å². The molecular weight excluding hydrogens is 448 g/mol. The number of hydrogen-bond acceptors (Lipinski definition) is 6. The number of aromatic nitrogens is 1. The van der Waals surface area contributed by atoms with E-state index in [9.17, 15) is 14.4 Å². The van der Waals surface area contributed by atoms with Gasteiger partial charge in [-0.05, 0) is 39.0 Å². The number of fused-ring (bicyclic) bond motifs is 1. The van der Waals surface area contributed by atoms with E-state index in [0.29, 0.717) is 24.0 Å². The molecule has 3 aliphatic heterocycles. The van der Waals surface area contributed by atoms with E-state index < -0.39 is 29.1 Å². The van der Waals surface area contributed by atoms with Crippen LogP contribution in [0.5, 0.6) is 0 Å². The molecule has 0 unspecified atom stereocenters. The van der Waals surface area contributed by atoms with E-state index in [1.165, 1.54) is 6.42 Å². The van der Waals surface area contributed by atoms with Gasteiger partial charge in [0.15, 0.2) is 5.82 Å². The maximum absolute atomic E-state index is 13.9. The van der Waals surface area contributed by atoms with E-state index in [2.05, 4.69) is 29.6 Å². The van der Waals surface area contributed by atoms with Crippen molar-refractivity contribution < 1.29 is 23.6 Å². The molecule has 0 aromatic carbocycles. The summed E-state index contributed by atoms with van der Waals surface area (Å²) in [5.74, 6) is -1.07. The highest BCUT2D eigenvalue weighted by Gasteiger charge is 2.76. The smallest absolute Gasteiger partial charge is 0.246 e. The van der Waals surface area contributed by atoms with Crippen molar-refractivity contribution in [2.45, 2.75) is 89.5 Å². The van der Waals surface area contributed by atoms with Gasteiger partial charge in [-0.1, -0.05) is 50.4 Å². The average Bonchev–Trinajstić information content (AvgIpc) is 3.50. The van der Waals surface area contributed by atoms with Crippen LogP contribution in [0.1, 0.15) is 65.1 Å². The van der Waals surface area contributed by atoms with Crippen LogP contribution in [0.25, 0.3) is 0 Å². The first-order valence-corrected chi connectivity index (χ1v) is 12.9. The number of ether oxygens (including phenoxy) is 1. The topological polar surface area (TPSA) is 114 Å². The van der Waals surface area contributed by atoms with Gasteiger partial charge in [0, 0.05) is 18.7 Å². The zero-order chi connectivity index (χ0) is 25.0. The number of likely N-dealkylation sites (tertiary alicyclic amines) is 1. The van der Waals surface area contributed by atoms with Crippen LogP contribution in [0.4, 0.5) is 5.82 Å². The van der Waals surface area contributed by atoms with Crippen molar-refractivity contribution >= 4 is 23.5 Å². The number of nitrogens with zero attached hydrogens (tertiary/aromatic N) is 2. The Morgan fingerprint density at radius 3 is 2.60 bits per heavy atom. The molecule has 1 saturated carbocycles. The first-order valence-electron chi connectivity index (χ1n) is 12.9. The molecule has 3 fully saturated rings. The molecule has 5 rings (SSSR count). The summed E-state index contributed by atoms with van der Waals surface area (Å²) in [4.78, 5) is 42.9. The maximum atomic E-state index is 13.9. The minimum absolute atomic E-state index is 0.112. The number of carbonyl (C=O) groups is 3. The van der Waals surface area contributed by atoms with Crippen molar-refractivity contribution in [1.82, 2.24) is 15.4 Å². The number of nitrogens with one attached hydrogen (secondary N) is 2. The normalized spacial score (nSPS) is 34.0. The van der Waals surface area contributed by atoms with Gasteiger partial charge in [-0.25, -0.2) is 0 Å². The fourth-order valence-corrected chi connectivity index (χ4v) is 6.42. The SMILES string of the molecule is Cc1cc(NC(=O)[C@H]2[C@H]3C(=O)N(CCC(C)C)[C@H](C(=O)NC4CCCCC4)[C@@]34C=C[C@]2(C)O4)no1. The highest BCUT2D eigenvalue weighted by Crippen LogP contribution is 2.59. The zero-order valence-corrected chi connectivity index (χ0v) is 21.0. The predicted octanol–water partition coefficient (Wildman–Crippen LogP) is 2.96. The summed E-state index contributed by atoms with van der Waals surface area (Å²) in [5, 5.41) is 9.87. The van der Waals surface area contributed by atoms with Gasteiger partial charge in [0.05, 0.1) is 17.4 Å². The maximum Gasteiger partial charge on any atom is 0.246 e. The number of amides is 3. The molecule has 9 nitrogen and oxygen atoms in total. The van der Waals surface area contributed by atoms with E-state index in [-0.39, 0.29) is 23.8 Å². The first-order chi connectivity index (χ1) is 16.6. The summed E-state index contributed by atoms with van der Waals surface area (Å²) in [6.07, 6.45) is 9.75. The van der Waals surface area contributed by atoms with Crippen LogP contribution in [0, 0.1) is 24.7 Å². The molecule has 2 bridgehead atoms. The summed E-state index contributed by atoms with van der Waals surface area (Å²) in [6, 6.07) is 0.943. The summed E-state index contributed by atoms with van der Waals surface area (Å²) in [7, 11) is 0.